The highest BCUT2D eigenvalue weighted by Gasteiger charge is 2.46. The van der Waals surface area contributed by atoms with Crippen LogP contribution in [0.5, 0.6) is 0 Å². The van der Waals surface area contributed by atoms with E-state index in [-0.39, 0.29) is 11.6 Å². The van der Waals surface area contributed by atoms with Gasteiger partial charge in [-0.05, 0) is 36.1 Å². The summed E-state index contributed by atoms with van der Waals surface area (Å²) in [5, 5.41) is 3.29. The predicted molar refractivity (Wildman–Crippen MR) is 105 cm³/mol. The van der Waals surface area contributed by atoms with Crippen molar-refractivity contribution in [3.8, 4) is 0 Å². The summed E-state index contributed by atoms with van der Waals surface area (Å²) >= 11 is 0. The number of para-hydroxylation sites is 1. The lowest BCUT2D eigenvalue weighted by Crippen LogP contribution is -2.45. The molecule has 0 spiro atoms. The number of hydrogen-bond donors (Lipinski definition) is 1. The lowest BCUT2D eigenvalue weighted by atomic mass is 10.1. The number of amides is 2. The zero-order chi connectivity index (χ0) is 17.8. The van der Waals surface area contributed by atoms with E-state index in [0.29, 0.717) is 6.54 Å². The fourth-order valence-corrected chi connectivity index (χ4v) is 3.29. The van der Waals surface area contributed by atoms with Crippen LogP contribution in [-0.2, 0) is 12.1 Å². The van der Waals surface area contributed by atoms with E-state index in [2.05, 4.69) is 17.4 Å². The van der Waals surface area contributed by atoms with Gasteiger partial charge in [0, 0.05) is 5.69 Å². The molecule has 26 heavy (non-hydrogen) atoms. The molecule has 0 unspecified atom stereocenters. The first-order valence-electron chi connectivity index (χ1n) is 9.01. The Morgan fingerprint density at radius 2 is 1.35 bits per heavy atom. The van der Waals surface area contributed by atoms with Gasteiger partial charge >= 0.3 is 6.03 Å². The number of carbonyl (C=O) groups excluding carboxylic acids is 1. The molecule has 3 aromatic rings. The number of benzene rings is 3. The lowest BCUT2D eigenvalue weighted by molar-refractivity contribution is 0.241. The van der Waals surface area contributed by atoms with E-state index >= 15 is 0 Å². The average molecular weight is 342 g/mol. The number of urea groups is 1. The minimum Gasteiger partial charge on any atom is -0.328 e. The fraction of sp³-hybridized carbons (Fsp3) is 0.174. The van der Waals surface area contributed by atoms with Crippen LogP contribution in [0.4, 0.5) is 10.5 Å². The Morgan fingerprint density at radius 1 is 0.808 bits per heavy atom. The van der Waals surface area contributed by atoms with E-state index in [1.165, 1.54) is 5.56 Å². The highest BCUT2D eigenvalue weighted by molar-refractivity contribution is 5.92. The van der Waals surface area contributed by atoms with Crippen LogP contribution in [0.3, 0.4) is 0 Å². The molecule has 2 amide bonds. The van der Waals surface area contributed by atoms with Gasteiger partial charge in [0.2, 0.25) is 0 Å². The molecule has 3 heteroatoms. The molecule has 0 saturated heterocycles. The maximum atomic E-state index is 13.2. The van der Waals surface area contributed by atoms with Crippen molar-refractivity contribution >= 4 is 11.7 Å². The molecule has 0 heterocycles. The van der Waals surface area contributed by atoms with Gasteiger partial charge in [-0.15, -0.1) is 0 Å². The molecule has 3 aromatic carbocycles. The molecule has 0 atom stereocenters. The number of rotatable bonds is 5. The first-order chi connectivity index (χ1) is 12.8. The molecule has 0 radical (unpaired) electrons. The molecule has 1 aliphatic rings. The van der Waals surface area contributed by atoms with Crippen molar-refractivity contribution in [3.63, 3.8) is 0 Å². The summed E-state index contributed by atoms with van der Waals surface area (Å²) < 4.78 is 0. The van der Waals surface area contributed by atoms with Crippen molar-refractivity contribution in [1.29, 1.82) is 0 Å². The quantitative estimate of drug-likeness (QED) is 0.688. The molecule has 1 fully saturated rings. The molecular formula is C23H22N2O. The molecule has 1 aliphatic carbocycles. The molecule has 3 nitrogen and oxygen atoms in total. The average Bonchev–Trinajstić information content (AvgIpc) is 3.49. The summed E-state index contributed by atoms with van der Waals surface area (Å²) in [4.78, 5) is 15.0. The van der Waals surface area contributed by atoms with Gasteiger partial charge in [-0.25, -0.2) is 4.79 Å². The van der Waals surface area contributed by atoms with Crippen molar-refractivity contribution in [2.45, 2.75) is 24.9 Å². The Labute approximate surface area is 154 Å². The van der Waals surface area contributed by atoms with Crippen molar-refractivity contribution in [2.75, 3.05) is 4.90 Å². The summed E-state index contributed by atoms with van der Waals surface area (Å²) in [6.45, 7) is 0.543. The van der Waals surface area contributed by atoms with Gasteiger partial charge in [-0.3, -0.25) is 4.90 Å². The highest BCUT2D eigenvalue weighted by atomic mass is 16.2. The number of nitrogens with one attached hydrogen (secondary N) is 1. The Morgan fingerprint density at radius 3 is 1.92 bits per heavy atom. The molecular weight excluding hydrogens is 320 g/mol. The zero-order valence-corrected chi connectivity index (χ0v) is 14.6. The van der Waals surface area contributed by atoms with Crippen LogP contribution in [0, 0.1) is 0 Å². The molecule has 130 valence electrons. The van der Waals surface area contributed by atoms with E-state index < -0.39 is 0 Å². The van der Waals surface area contributed by atoms with Crippen molar-refractivity contribution in [1.82, 2.24) is 5.32 Å². The molecule has 1 N–H and O–H groups in total. The smallest absolute Gasteiger partial charge is 0.322 e. The minimum atomic E-state index is -0.220. The maximum absolute atomic E-state index is 13.2. The summed E-state index contributed by atoms with van der Waals surface area (Å²) in [6, 6.07) is 30.1. The van der Waals surface area contributed by atoms with Gasteiger partial charge in [-0.2, -0.15) is 0 Å². The first-order valence-corrected chi connectivity index (χ1v) is 9.01. The van der Waals surface area contributed by atoms with Gasteiger partial charge in [0.15, 0.2) is 0 Å². The van der Waals surface area contributed by atoms with Crippen LogP contribution in [-0.4, -0.2) is 6.03 Å². The Kier molecular flexibility index (Phi) is 4.44. The fourth-order valence-electron chi connectivity index (χ4n) is 3.29. The van der Waals surface area contributed by atoms with E-state index in [1.54, 1.807) is 0 Å². The molecule has 4 rings (SSSR count). The maximum Gasteiger partial charge on any atom is 0.322 e. The minimum absolute atomic E-state index is 0.0543. The molecule has 0 aromatic heterocycles. The van der Waals surface area contributed by atoms with E-state index in [1.807, 2.05) is 83.8 Å². The monoisotopic (exact) mass is 342 g/mol. The first kappa shape index (κ1) is 16.4. The van der Waals surface area contributed by atoms with Gasteiger partial charge in [0.05, 0.1) is 12.1 Å². The van der Waals surface area contributed by atoms with Crippen LogP contribution in [0.15, 0.2) is 91.0 Å². The summed E-state index contributed by atoms with van der Waals surface area (Å²) in [5.74, 6) is 0. The van der Waals surface area contributed by atoms with E-state index in [4.69, 9.17) is 0 Å². The number of carbonyl (C=O) groups is 1. The summed E-state index contributed by atoms with van der Waals surface area (Å²) in [7, 11) is 0. The third kappa shape index (κ3) is 3.47. The van der Waals surface area contributed by atoms with Gasteiger partial charge < -0.3 is 5.32 Å². The molecule has 1 saturated carbocycles. The SMILES string of the molecule is O=C(NC1(c2ccccc2)CC1)N(Cc1ccccc1)c1ccccc1. The van der Waals surface area contributed by atoms with E-state index in [9.17, 15) is 4.79 Å². The van der Waals surface area contributed by atoms with Crippen LogP contribution < -0.4 is 10.2 Å². The van der Waals surface area contributed by atoms with Crippen molar-refractivity contribution in [3.05, 3.63) is 102 Å². The van der Waals surface area contributed by atoms with Crippen LogP contribution >= 0.6 is 0 Å². The standard InChI is InChI=1S/C23H22N2O/c26-22(24-23(16-17-23)20-12-6-2-7-13-20)25(21-14-8-3-9-15-21)18-19-10-4-1-5-11-19/h1-15H,16-18H2,(H,24,26). The van der Waals surface area contributed by atoms with Crippen molar-refractivity contribution < 1.29 is 4.79 Å². The second kappa shape index (κ2) is 7.04. The highest BCUT2D eigenvalue weighted by Crippen LogP contribution is 2.45. The zero-order valence-electron chi connectivity index (χ0n) is 14.6. The van der Waals surface area contributed by atoms with Crippen molar-refractivity contribution in [2.24, 2.45) is 0 Å². The summed E-state index contributed by atoms with van der Waals surface area (Å²) in [5.41, 5.74) is 2.97. The largest absolute Gasteiger partial charge is 0.328 e. The summed E-state index contributed by atoms with van der Waals surface area (Å²) in [6.07, 6.45) is 1.97. The number of anilines is 1. The number of nitrogens with zero attached hydrogens (tertiary/aromatic N) is 1. The lowest BCUT2D eigenvalue weighted by Gasteiger charge is -2.27. The Bertz CT molecular complexity index is 858. The van der Waals surface area contributed by atoms with Gasteiger partial charge in [-0.1, -0.05) is 78.9 Å². The third-order valence-electron chi connectivity index (χ3n) is 4.92. The second-order valence-electron chi connectivity index (χ2n) is 6.79. The van der Waals surface area contributed by atoms with E-state index in [0.717, 1.165) is 24.1 Å². The topological polar surface area (TPSA) is 32.3 Å². The number of hydrogen-bond acceptors (Lipinski definition) is 1. The Balaban J connectivity index is 1.59. The third-order valence-corrected chi connectivity index (χ3v) is 4.92. The van der Waals surface area contributed by atoms with Crippen LogP contribution in [0.25, 0.3) is 0 Å². The molecule has 0 aliphatic heterocycles. The second-order valence-corrected chi connectivity index (χ2v) is 6.79. The Hall–Kier alpha value is -3.07. The van der Waals surface area contributed by atoms with Crippen LogP contribution in [0.2, 0.25) is 0 Å². The van der Waals surface area contributed by atoms with Crippen LogP contribution in [0.1, 0.15) is 24.0 Å². The van der Waals surface area contributed by atoms with Gasteiger partial charge in [0.1, 0.15) is 0 Å². The normalized spacial score (nSPS) is 14.5. The van der Waals surface area contributed by atoms with Gasteiger partial charge in [0.25, 0.3) is 0 Å². The molecule has 0 bridgehead atoms. The predicted octanol–water partition coefficient (Wildman–Crippen LogP) is 5.09.